The first kappa shape index (κ1) is 24.1. The molecule has 2 aromatic carbocycles. The molecule has 0 aliphatic carbocycles. The van der Waals surface area contributed by atoms with Crippen LogP contribution in [0.4, 0.5) is 0 Å². The average molecular weight is 490 g/mol. The van der Waals surface area contributed by atoms with Crippen molar-refractivity contribution in [3.05, 3.63) is 82.7 Å². The van der Waals surface area contributed by atoms with Crippen LogP contribution in [0.1, 0.15) is 22.8 Å². The lowest BCUT2D eigenvalue weighted by Crippen LogP contribution is -2.31. The van der Waals surface area contributed by atoms with Crippen LogP contribution in [0.5, 0.6) is 0 Å². The van der Waals surface area contributed by atoms with Crippen molar-refractivity contribution >= 4 is 49.1 Å². The average Bonchev–Trinajstić information content (AvgIpc) is 3.13. The van der Waals surface area contributed by atoms with E-state index in [1.54, 1.807) is 0 Å². The van der Waals surface area contributed by atoms with Gasteiger partial charge in [0.2, 0.25) is 10.0 Å². The van der Waals surface area contributed by atoms with Crippen molar-refractivity contribution in [3.63, 3.8) is 0 Å². The molecule has 0 unspecified atom stereocenters. The first-order chi connectivity index (χ1) is 15.2. The highest BCUT2D eigenvalue weighted by Crippen LogP contribution is 2.27. The number of thiazole rings is 1. The van der Waals surface area contributed by atoms with E-state index in [0.717, 1.165) is 15.8 Å². The summed E-state index contributed by atoms with van der Waals surface area (Å²) in [5.74, 6) is -0.444. The number of hydrogen-bond acceptors (Lipinski definition) is 4. The zero-order valence-corrected chi connectivity index (χ0v) is 20.3. The summed E-state index contributed by atoms with van der Waals surface area (Å²) in [5, 5.41) is 0.661. The Morgan fingerprint density at radius 3 is 2.34 bits per heavy atom. The van der Waals surface area contributed by atoms with E-state index in [1.807, 2.05) is 30.5 Å². The molecular formula is C23H24ClN3O3S2. The second-order valence-corrected chi connectivity index (χ2v) is 10.3. The van der Waals surface area contributed by atoms with E-state index in [4.69, 9.17) is 11.6 Å². The van der Waals surface area contributed by atoms with Crippen molar-refractivity contribution < 1.29 is 13.2 Å². The molecule has 0 saturated carbocycles. The van der Waals surface area contributed by atoms with E-state index in [9.17, 15) is 13.2 Å². The number of fused-ring (bicyclic) bond motifs is 1. The van der Waals surface area contributed by atoms with Gasteiger partial charge in [-0.1, -0.05) is 35.1 Å². The molecule has 0 fully saturated rings. The van der Waals surface area contributed by atoms with E-state index in [2.05, 4.69) is 18.2 Å². The Balaban J connectivity index is 1.98. The van der Waals surface area contributed by atoms with Gasteiger partial charge in [0, 0.05) is 30.2 Å². The molecule has 32 heavy (non-hydrogen) atoms. The molecule has 0 bridgehead atoms. The van der Waals surface area contributed by atoms with Crippen LogP contribution in [0.2, 0.25) is 5.02 Å². The summed E-state index contributed by atoms with van der Waals surface area (Å²) in [6.07, 6.45) is 3.03. The van der Waals surface area contributed by atoms with Gasteiger partial charge in [-0.2, -0.15) is 9.30 Å². The van der Waals surface area contributed by atoms with E-state index in [1.165, 1.54) is 52.1 Å². The molecule has 6 nitrogen and oxygen atoms in total. The maximum atomic E-state index is 12.8. The van der Waals surface area contributed by atoms with Crippen molar-refractivity contribution in [3.8, 4) is 0 Å². The summed E-state index contributed by atoms with van der Waals surface area (Å²) in [6.45, 7) is 12.1. The standard InChI is InChI=1S/C23H24ClN3O3S2/c1-5-14-26(15-6-2)32(29,30)18-10-8-17(9-11-18)22(28)25-23-27(7-3)21-16(4)19(24)12-13-20(21)31-23/h5-6,8-13H,1-2,7,14-15H2,3-4H3. The van der Waals surface area contributed by atoms with Crippen molar-refractivity contribution in [2.75, 3.05) is 13.1 Å². The normalized spacial score (nSPS) is 12.4. The molecule has 0 aliphatic rings. The summed E-state index contributed by atoms with van der Waals surface area (Å²) in [6, 6.07) is 9.54. The summed E-state index contributed by atoms with van der Waals surface area (Å²) >= 11 is 7.68. The van der Waals surface area contributed by atoms with E-state index in [-0.39, 0.29) is 18.0 Å². The Labute approximate surface area is 196 Å². The minimum Gasteiger partial charge on any atom is -0.316 e. The van der Waals surface area contributed by atoms with Crippen LogP contribution >= 0.6 is 22.9 Å². The molecule has 168 valence electrons. The molecule has 1 aromatic heterocycles. The number of benzene rings is 2. The Bertz CT molecular complexity index is 1340. The van der Waals surface area contributed by atoms with Gasteiger partial charge in [-0.15, -0.1) is 13.2 Å². The second kappa shape index (κ2) is 9.95. The van der Waals surface area contributed by atoms with Gasteiger partial charge in [-0.05, 0) is 55.8 Å². The SMILES string of the molecule is C=CCN(CC=C)S(=O)(=O)c1ccc(C(=O)N=c2sc3ccc(Cl)c(C)c3n2CC)cc1. The molecule has 0 atom stereocenters. The fraction of sp³-hybridized carbons (Fsp3) is 0.217. The zero-order chi connectivity index (χ0) is 23.5. The molecule has 3 rings (SSSR count). The second-order valence-electron chi connectivity index (χ2n) is 6.99. The largest absolute Gasteiger partial charge is 0.316 e. The van der Waals surface area contributed by atoms with Crippen molar-refractivity contribution in [2.45, 2.75) is 25.3 Å². The highest BCUT2D eigenvalue weighted by molar-refractivity contribution is 7.89. The summed E-state index contributed by atoms with van der Waals surface area (Å²) in [4.78, 5) is 17.8. The first-order valence-electron chi connectivity index (χ1n) is 9.94. The zero-order valence-electron chi connectivity index (χ0n) is 17.9. The van der Waals surface area contributed by atoms with Crippen molar-refractivity contribution in [1.29, 1.82) is 0 Å². The van der Waals surface area contributed by atoms with Gasteiger partial charge in [-0.25, -0.2) is 8.42 Å². The molecule has 9 heteroatoms. The minimum absolute atomic E-state index is 0.0912. The Hall–Kier alpha value is -2.52. The number of rotatable bonds is 8. The van der Waals surface area contributed by atoms with Gasteiger partial charge in [-0.3, -0.25) is 4.79 Å². The Morgan fingerprint density at radius 1 is 1.16 bits per heavy atom. The Morgan fingerprint density at radius 2 is 1.78 bits per heavy atom. The maximum Gasteiger partial charge on any atom is 0.279 e. The monoisotopic (exact) mass is 489 g/mol. The summed E-state index contributed by atoms with van der Waals surface area (Å²) in [7, 11) is -3.73. The lowest BCUT2D eigenvalue weighted by molar-refractivity contribution is 0.0997. The third-order valence-corrected chi connectivity index (χ3v) is 8.25. The Kier molecular flexibility index (Phi) is 7.51. The number of nitrogens with zero attached hydrogens (tertiary/aromatic N) is 3. The van der Waals surface area contributed by atoms with Gasteiger partial charge in [0.05, 0.1) is 15.1 Å². The highest BCUT2D eigenvalue weighted by atomic mass is 35.5. The van der Waals surface area contributed by atoms with Crippen molar-refractivity contribution in [2.24, 2.45) is 4.99 Å². The van der Waals surface area contributed by atoms with Gasteiger partial charge < -0.3 is 4.57 Å². The number of aryl methyl sites for hydroxylation is 2. The number of amides is 1. The van der Waals surface area contributed by atoms with Gasteiger partial charge >= 0.3 is 0 Å². The van der Waals surface area contributed by atoms with Crippen LogP contribution in [-0.2, 0) is 16.6 Å². The predicted molar refractivity (Wildman–Crippen MR) is 131 cm³/mol. The molecule has 0 saturated heterocycles. The first-order valence-corrected chi connectivity index (χ1v) is 12.6. The fourth-order valence-corrected chi connectivity index (χ4v) is 6.01. The summed E-state index contributed by atoms with van der Waals surface area (Å²) < 4.78 is 29.9. The molecule has 0 N–H and O–H groups in total. The van der Waals surface area contributed by atoms with Crippen LogP contribution in [-0.4, -0.2) is 36.3 Å². The molecule has 1 heterocycles. The number of hydrogen-bond donors (Lipinski definition) is 0. The third-order valence-electron chi connectivity index (χ3n) is 4.95. The lowest BCUT2D eigenvalue weighted by atomic mass is 10.2. The van der Waals surface area contributed by atoms with E-state index < -0.39 is 15.9 Å². The fourth-order valence-electron chi connectivity index (χ4n) is 3.32. The number of aromatic nitrogens is 1. The minimum atomic E-state index is -3.73. The third kappa shape index (κ3) is 4.63. The molecule has 0 radical (unpaired) electrons. The van der Waals surface area contributed by atoms with Crippen molar-refractivity contribution in [1.82, 2.24) is 8.87 Å². The van der Waals surface area contributed by atoms with Crippen LogP contribution in [0, 0.1) is 6.92 Å². The van der Waals surface area contributed by atoms with E-state index >= 15 is 0 Å². The molecule has 0 spiro atoms. The van der Waals surface area contributed by atoms with Crippen LogP contribution in [0.25, 0.3) is 10.2 Å². The van der Waals surface area contributed by atoms with Crippen LogP contribution in [0.3, 0.4) is 0 Å². The van der Waals surface area contributed by atoms with E-state index in [0.29, 0.717) is 21.9 Å². The molecule has 3 aromatic rings. The van der Waals surface area contributed by atoms with Gasteiger partial charge in [0.1, 0.15) is 0 Å². The van der Waals surface area contributed by atoms with Gasteiger partial charge in [0.25, 0.3) is 5.91 Å². The maximum absolute atomic E-state index is 12.8. The molecule has 1 amide bonds. The number of carbonyl (C=O) groups excluding carboxylic acids is 1. The number of carbonyl (C=O) groups is 1. The summed E-state index contributed by atoms with van der Waals surface area (Å²) in [5.41, 5.74) is 2.20. The smallest absolute Gasteiger partial charge is 0.279 e. The lowest BCUT2D eigenvalue weighted by Gasteiger charge is -2.19. The van der Waals surface area contributed by atoms with Crippen LogP contribution in [0.15, 0.2) is 71.6 Å². The number of sulfonamides is 1. The number of halogens is 1. The quantitative estimate of drug-likeness (QED) is 0.427. The molecular weight excluding hydrogens is 466 g/mol. The van der Waals surface area contributed by atoms with Gasteiger partial charge in [0.15, 0.2) is 4.80 Å². The highest BCUT2D eigenvalue weighted by Gasteiger charge is 2.22. The van der Waals surface area contributed by atoms with Crippen LogP contribution < -0.4 is 4.80 Å². The topological polar surface area (TPSA) is 71.7 Å². The molecule has 0 aliphatic heterocycles. The predicted octanol–water partition coefficient (Wildman–Crippen LogP) is 4.79.